The van der Waals surface area contributed by atoms with Crippen molar-refractivity contribution >= 4 is 0 Å². The minimum atomic E-state index is 0.529. The molecule has 1 aliphatic rings. The van der Waals surface area contributed by atoms with E-state index in [1.807, 2.05) is 0 Å². The highest BCUT2D eigenvalue weighted by atomic mass is 16.6. The van der Waals surface area contributed by atoms with Gasteiger partial charge in [-0.3, -0.25) is 0 Å². The van der Waals surface area contributed by atoms with Crippen LogP contribution in [-0.4, -0.2) is 12.2 Å². The first kappa shape index (κ1) is 17.5. The molecule has 1 saturated heterocycles. The monoisotopic (exact) mass is 278 g/mol. The van der Waals surface area contributed by atoms with E-state index in [4.69, 9.17) is 4.74 Å². The number of ether oxygens (including phenoxy) is 1. The molecular weight excluding hydrogens is 244 g/mol. The van der Waals surface area contributed by atoms with E-state index in [9.17, 15) is 0 Å². The lowest BCUT2D eigenvalue weighted by atomic mass is 10.1. The molecule has 0 N–H and O–H groups in total. The summed E-state index contributed by atoms with van der Waals surface area (Å²) in [6, 6.07) is 0. The van der Waals surface area contributed by atoms with Gasteiger partial charge in [-0.25, -0.2) is 0 Å². The summed E-state index contributed by atoms with van der Waals surface area (Å²) in [7, 11) is 0. The van der Waals surface area contributed by atoms with Crippen LogP contribution in [0.25, 0.3) is 0 Å². The first-order valence-corrected chi connectivity index (χ1v) is 8.84. The second-order valence-corrected chi connectivity index (χ2v) is 5.95. The number of unbranched alkanes of at least 4 members (excludes halogenated alkanes) is 6. The Labute approximate surface area is 126 Å². The summed E-state index contributed by atoms with van der Waals surface area (Å²) in [5, 5.41) is 0. The van der Waals surface area contributed by atoms with Crippen LogP contribution in [0.2, 0.25) is 0 Å². The second-order valence-electron chi connectivity index (χ2n) is 5.95. The Morgan fingerprint density at radius 2 is 1.45 bits per heavy atom. The maximum Gasteiger partial charge on any atom is 0.0876 e. The average molecular weight is 278 g/mol. The summed E-state index contributed by atoms with van der Waals surface area (Å²) in [6.45, 7) is 4.45. The first-order valence-electron chi connectivity index (χ1n) is 8.84. The van der Waals surface area contributed by atoms with Gasteiger partial charge in [0.2, 0.25) is 0 Å². The first-order chi connectivity index (χ1) is 9.88. The molecule has 0 amide bonds. The molecular formula is C19H34O. The van der Waals surface area contributed by atoms with Crippen LogP contribution >= 0.6 is 0 Å². The van der Waals surface area contributed by atoms with Crippen LogP contribution in [0, 0.1) is 0 Å². The summed E-state index contributed by atoms with van der Waals surface area (Å²) in [4.78, 5) is 0. The SMILES string of the molecule is CC/C=C\C/C=C\C[C@H]1O[C@@H]1CCCCCCCCC. The van der Waals surface area contributed by atoms with Crippen molar-refractivity contribution in [1.82, 2.24) is 0 Å². The van der Waals surface area contributed by atoms with Gasteiger partial charge in [0.25, 0.3) is 0 Å². The molecule has 0 unspecified atom stereocenters. The van der Waals surface area contributed by atoms with Crippen molar-refractivity contribution in [2.75, 3.05) is 0 Å². The molecule has 116 valence electrons. The molecule has 0 aliphatic carbocycles. The fourth-order valence-electron chi connectivity index (χ4n) is 2.61. The van der Waals surface area contributed by atoms with E-state index in [1.165, 1.54) is 51.4 Å². The Balaban J connectivity index is 1.85. The van der Waals surface area contributed by atoms with E-state index in [2.05, 4.69) is 38.2 Å². The fraction of sp³-hybridized carbons (Fsp3) is 0.789. The fourth-order valence-corrected chi connectivity index (χ4v) is 2.61. The highest BCUT2D eigenvalue weighted by Gasteiger charge is 2.36. The van der Waals surface area contributed by atoms with E-state index in [0.29, 0.717) is 12.2 Å². The highest BCUT2D eigenvalue weighted by molar-refractivity contribution is 4.97. The highest BCUT2D eigenvalue weighted by Crippen LogP contribution is 2.30. The van der Waals surface area contributed by atoms with Gasteiger partial charge in [-0.05, 0) is 25.7 Å². The lowest BCUT2D eigenvalue weighted by Gasteiger charge is -1.99. The largest absolute Gasteiger partial charge is 0.369 e. The Hall–Kier alpha value is -0.560. The Bertz CT molecular complexity index is 267. The number of allylic oxidation sites excluding steroid dienone is 3. The van der Waals surface area contributed by atoms with Crippen molar-refractivity contribution in [2.24, 2.45) is 0 Å². The Morgan fingerprint density at radius 3 is 2.20 bits per heavy atom. The molecule has 20 heavy (non-hydrogen) atoms. The zero-order valence-corrected chi connectivity index (χ0v) is 13.7. The van der Waals surface area contributed by atoms with E-state index >= 15 is 0 Å². The Morgan fingerprint density at radius 1 is 0.750 bits per heavy atom. The number of epoxide rings is 1. The van der Waals surface area contributed by atoms with Crippen molar-refractivity contribution in [3.63, 3.8) is 0 Å². The van der Waals surface area contributed by atoms with Crippen LogP contribution in [0.15, 0.2) is 24.3 Å². The molecule has 1 rings (SSSR count). The van der Waals surface area contributed by atoms with Crippen molar-refractivity contribution in [3.05, 3.63) is 24.3 Å². The van der Waals surface area contributed by atoms with E-state index in [-0.39, 0.29) is 0 Å². The van der Waals surface area contributed by atoms with Gasteiger partial charge in [0.1, 0.15) is 0 Å². The molecule has 0 spiro atoms. The average Bonchev–Trinajstić information content (AvgIpc) is 3.20. The van der Waals surface area contributed by atoms with E-state index < -0.39 is 0 Å². The molecule has 0 saturated carbocycles. The van der Waals surface area contributed by atoms with Crippen LogP contribution in [0.5, 0.6) is 0 Å². The third-order valence-electron chi connectivity index (χ3n) is 3.99. The van der Waals surface area contributed by atoms with Gasteiger partial charge >= 0.3 is 0 Å². The quantitative estimate of drug-likeness (QED) is 0.222. The van der Waals surface area contributed by atoms with Gasteiger partial charge in [-0.15, -0.1) is 0 Å². The summed E-state index contributed by atoms with van der Waals surface area (Å²) >= 11 is 0. The van der Waals surface area contributed by atoms with Crippen molar-refractivity contribution in [1.29, 1.82) is 0 Å². The molecule has 0 radical (unpaired) electrons. The molecule has 1 aliphatic heterocycles. The normalized spacial score (nSPS) is 22.1. The standard InChI is InChI=1S/C19H34O/c1-3-5-7-9-11-13-15-17-19-18(20-19)16-14-12-10-8-6-4-2/h6,8,12,14,18-19H,3-5,7,9-11,13,15-17H2,1-2H3/b8-6-,14-12-/t18-,19-/m1/s1. The van der Waals surface area contributed by atoms with Gasteiger partial charge < -0.3 is 4.74 Å². The van der Waals surface area contributed by atoms with Gasteiger partial charge in [-0.2, -0.15) is 0 Å². The van der Waals surface area contributed by atoms with Crippen LogP contribution in [0.4, 0.5) is 0 Å². The van der Waals surface area contributed by atoms with Crippen LogP contribution < -0.4 is 0 Å². The van der Waals surface area contributed by atoms with Gasteiger partial charge in [-0.1, -0.05) is 83.1 Å². The third kappa shape index (κ3) is 9.36. The van der Waals surface area contributed by atoms with Crippen molar-refractivity contribution < 1.29 is 4.74 Å². The molecule has 1 nitrogen and oxygen atoms in total. The predicted molar refractivity (Wildman–Crippen MR) is 89.1 cm³/mol. The predicted octanol–water partition coefficient (Wildman–Crippen LogP) is 6.20. The lowest BCUT2D eigenvalue weighted by molar-refractivity contribution is 0.358. The minimum Gasteiger partial charge on any atom is -0.369 e. The van der Waals surface area contributed by atoms with Crippen LogP contribution in [0.3, 0.4) is 0 Å². The maximum atomic E-state index is 5.72. The number of hydrogen-bond acceptors (Lipinski definition) is 1. The molecule has 2 atom stereocenters. The number of rotatable bonds is 13. The van der Waals surface area contributed by atoms with E-state index in [1.54, 1.807) is 0 Å². The van der Waals surface area contributed by atoms with Crippen molar-refractivity contribution in [3.8, 4) is 0 Å². The van der Waals surface area contributed by atoms with Crippen molar-refractivity contribution in [2.45, 2.75) is 96.7 Å². The topological polar surface area (TPSA) is 12.5 Å². The molecule has 1 fully saturated rings. The second kappa shape index (κ2) is 12.2. The third-order valence-corrected chi connectivity index (χ3v) is 3.99. The maximum absolute atomic E-state index is 5.72. The summed E-state index contributed by atoms with van der Waals surface area (Å²) in [6.07, 6.45) is 24.5. The van der Waals surface area contributed by atoms with Crippen LogP contribution in [-0.2, 0) is 4.74 Å². The Kier molecular flexibility index (Phi) is 10.7. The lowest BCUT2D eigenvalue weighted by Crippen LogP contribution is -1.92. The van der Waals surface area contributed by atoms with Gasteiger partial charge in [0, 0.05) is 0 Å². The molecule has 0 bridgehead atoms. The molecule has 1 heteroatoms. The zero-order chi connectivity index (χ0) is 14.5. The van der Waals surface area contributed by atoms with E-state index in [0.717, 1.165) is 19.3 Å². The smallest absolute Gasteiger partial charge is 0.0876 e. The minimum absolute atomic E-state index is 0.529. The summed E-state index contributed by atoms with van der Waals surface area (Å²) < 4.78 is 5.72. The van der Waals surface area contributed by atoms with Gasteiger partial charge in [0.15, 0.2) is 0 Å². The summed E-state index contributed by atoms with van der Waals surface area (Å²) in [5.41, 5.74) is 0. The molecule has 0 aromatic rings. The molecule has 1 heterocycles. The summed E-state index contributed by atoms with van der Waals surface area (Å²) in [5.74, 6) is 0. The van der Waals surface area contributed by atoms with Crippen LogP contribution in [0.1, 0.15) is 84.5 Å². The number of hydrogen-bond donors (Lipinski definition) is 0. The zero-order valence-electron chi connectivity index (χ0n) is 13.7. The van der Waals surface area contributed by atoms with Gasteiger partial charge in [0.05, 0.1) is 12.2 Å². The molecule has 0 aromatic heterocycles. The molecule has 0 aromatic carbocycles.